The maximum absolute atomic E-state index is 13.1. The van der Waals surface area contributed by atoms with Crippen molar-refractivity contribution in [3.8, 4) is 11.1 Å². The van der Waals surface area contributed by atoms with E-state index in [0.29, 0.717) is 37.6 Å². The molecule has 1 saturated heterocycles. The number of hydrogen-bond donors (Lipinski definition) is 1. The predicted molar refractivity (Wildman–Crippen MR) is 96.7 cm³/mol. The summed E-state index contributed by atoms with van der Waals surface area (Å²) in [5.41, 5.74) is 2.13. The molecule has 1 aliphatic heterocycles. The highest BCUT2D eigenvalue weighted by atomic mass is 19.1. The van der Waals surface area contributed by atoms with Crippen LogP contribution in [0.15, 0.2) is 59.3 Å². The van der Waals surface area contributed by atoms with E-state index in [1.807, 2.05) is 0 Å². The molecular weight excluding hydrogens is 349 g/mol. The molecule has 2 aromatic heterocycles. The van der Waals surface area contributed by atoms with Gasteiger partial charge in [0.25, 0.3) is 11.8 Å². The zero-order chi connectivity index (χ0) is 18.8. The van der Waals surface area contributed by atoms with E-state index < -0.39 is 0 Å². The highest BCUT2D eigenvalue weighted by Gasteiger charge is 2.27. The Hall–Kier alpha value is -3.35. The molecule has 0 radical (unpaired) electrons. The molecule has 0 saturated carbocycles. The summed E-state index contributed by atoms with van der Waals surface area (Å²) in [6, 6.07) is 11.2. The number of aromatic amines is 1. The molecule has 0 atom stereocenters. The highest BCUT2D eigenvalue weighted by Crippen LogP contribution is 2.21. The molecule has 4 rings (SSSR count). The van der Waals surface area contributed by atoms with Crippen LogP contribution in [0.2, 0.25) is 0 Å². The van der Waals surface area contributed by atoms with E-state index in [2.05, 4.69) is 4.98 Å². The van der Waals surface area contributed by atoms with Crippen LogP contribution in [0.5, 0.6) is 0 Å². The minimum Gasteiger partial charge on any atom is -0.459 e. The molecule has 27 heavy (non-hydrogen) atoms. The van der Waals surface area contributed by atoms with Crippen molar-refractivity contribution in [2.45, 2.75) is 0 Å². The first-order chi connectivity index (χ1) is 13.1. The number of piperazine rings is 1. The van der Waals surface area contributed by atoms with Gasteiger partial charge in [0.15, 0.2) is 5.76 Å². The molecule has 1 fully saturated rings. The zero-order valence-electron chi connectivity index (χ0n) is 14.5. The van der Waals surface area contributed by atoms with E-state index in [4.69, 9.17) is 4.42 Å². The Morgan fingerprint density at radius 2 is 1.59 bits per heavy atom. The molecule has 1 N–H and O–H groups in total. The van der Waals surface area contributed by atoms with Gasteiger partial charge < -0.3 is 19.2 Å². The smallest absolute Gasteiger partial charge is 0.289 e. The van der Waals surface area contributed by atoms with Crippen molar-refractivity contribution in [2.24, 2.45) is 0 Å². The Labute approximate surface area is 155 Å². The minimum absolute atomic E-state index is 0.117. The van der Waals surface area contributed by atoms with Crippen molar-refractivity contribution >= 4 is 11.8 Å². The fourth-order valence-electron chi connectivity index (χ4n) is 3.17. The summed E-state index contributed by atoms with van der Waals surface area (Å²) in [7, 11) is 0. The molecule has 3 heterocycles. The van der Waals surface area contributed by atoms with Crippen LogP contribution in [0, 0.1) is 5.82 Å². The SMILES string of the molecule is O=C(c1cc(-c2ccc(F)cc2)c[nH]1)N1CCN(C(=O)c2ccco2)CC1. The second-order valence-electron chi connectivity index (χ2n) is 6.37. The number of carbonyl (C=O) groups is 2. The lowest BCUT2D eigenvalue weighted by atomic mass is 10.1. The summed E-state index contributed by atoms with van der Waals surface area (Å²) >= 11 is 0. The van der Waals surface area contributed by atoms with E-state index in [1.54, 1.807) is 46.3 Å². The number of hydrogen-bond acceptors (Lipinski definition) is 3. The Balaban J connectivity index is 1.40. The van der Waals surface area contributed by atoms with Gasteiger partial charge in [0.05, 0.1) is 6.26 Å². The number of furan rings is 1. The predicted octanol–water partition coefficient (Wildman–Crippen LogP) is 3.01. The van der Waals surface area contributed by atoms with Crippen molar-refractivity contribution < 1.29 is 18.4 Å². The van der Waals surface area contributed by atoms with Gasteiger partial charge in [-0.1, -0.05) is 12.1 Å². The van der Waals surface area contributed by atoms with Gasteiger partial charge in [-0.2, -0.15) is 0 Å². The highest BCUT2D eigenvalue weighted by molar-refractivity contribution is 5.95. The quantitative estimate of drug-likeness (QED) is 0.774. The summed E-state index contributed by atoms with van der Waals surface area (Å²) in [5, 5.41) is 0. The Morgan fingerprint density at radius 1 is 0.926 bits per heavy atom. The number of rotatable bonds is 3. The second kappa shape index (κ2) is 7.11. The molecule has 7 heteroatoms. The van der Waals surface area contributed by atoms with Crippen LogP contribution in [0.1, 0.15) is 21.0 Å². The summed E-state index contributed by atoms with van der Waals surface area (Å²) in [6.07, 6.45) is 3.20. The van der Waals surface area contributed by atoms with Gasteiger partial charge in [-0.15, -0.1) is 0 Å². The van der Waals surface area contributed by atoms with E-state index in [-0.39, 0.29) is 17.6 Å². The molecule has 0 bridgehead atoms. The maximum Gasteiger partial charge on any atom is 0.289 e. The number of halogens is 1. The number of nitrogens with one attached hydrogen (secondary N) is 1. The van der Waals surface area contributed by atoms with Crippen LogP contribution in [-0.4, -0.2) is 52.8 Å². The average Bonchev–Trinajstić information content (AvgIpc) is 3.40. The van der Waals surface area contributed by atoms with Crippen molar-refractivity contribution in [2.75, 3.05) is 26.2 Å². The number of carbonyl (C=O) groups excluding carboxylic acids is 2. The topological polar surface area (TPSA) is 69.6 Å². The molecule has 0 unspecified atom stereocenters. The monoisotopic (exact) mass is 367 g/mol. The van der Waals surface area contributed by atoms with E-state index in [1.165, 1.54) is 18.4 Å². The number of benzene rings is 1. The first kappa shape index (κ1) is 17.1. The van der Waals surface area contributed by atoms with Gasteiger partial charge in [-0.25, -0.2) is 4.39 Å². The summed E-state index contributed by atoms with van der Waals surface area (Å²) < 4.78 is 18.2. The zero-order valence-corrected chi connectivity index (χ0v) is 14.5. The van der Waals surface area contributed by atoms with Crippen LogP contribution >= 0.6 is 0 Å². The first-order valence-electron chi connectivity index (χ1n) is 8.68. The Kier molecular flexibility index (Phi) is 4.50. The lowest BCUT2D eigenvalue weighted by Gasteiger charge is -2.34. The first-order valence-corrected chi connectivity index (χ1v) is 8.68. The van der Waals surface area contributed by atoms with Crippen LogP contribution in [0.3, 0.4) is 0 Å². The van der Waals surface area contributed by atoms with E-state index >= 15 is 0 Å². The fraction of sp³-hybridized carbons (Fsp3) is 0.200. The summed E-state index contributed by atoms with van der Waals surface area (Å²) in [5.74, 6) is -0.269. The van der Waals surface area contributed by atoms with Crippen molar-refractivity contribution in [1.82, 2.24) is 14.8 Å². The van der Waals surface area contributed by atoms with Crippen LogP contribution < -0.4 is 0 Å². The third-order valence-corrected chi connectivity index (χ3v) is 4.68. The molecule has 138 valence electrons. The van der Waals surface area contributed by atoms with Gasteiger partial charge in [-0.05, 0) is 41.5 Å². The summed E-state index contributed by atoms with van der Waals surface area (Å²) in [6.45, 7) is 1.82. The normalized spacial score (nSPS) is 14.4. The second-order valence-corrected chi connectivity index (χ2v) is 6.37. The molecular formula is C20H18FN3O3. The van der Waals surface area contributed by atoms with Gasteiger partial charge in [-0.3, -0.25) is 9.59 Å². The van der Waals surface area contributed by atoms with Crippen molar-refractivity contribution in [3.63, 3.8) is 0 Å². The standard InChI is InChI=1S/C20H18FN3O3/c21-16-5-3-14(4-6-16)15-12-17(22-13-15)19(25)23-7-9-24(10-8-23)20(26)18-2-1-11-27-18/h1-6,11-13,22H,7-10H2. The molecule has 2 amide bonds. The largest absolute Gasteiger partial charge is 0.459 e. The summed E-state index contributed by atoms with van der Waals surface area (Å²) in [4.78, 5) is 31.4. The Morgan fingerprint density at radius 3 is 2.22 bits per heavy atom. The molecule has 0 spiro atoms. The van der Waals surface area contributed by atoms with E-state index in [9.17, 15) is 14.0 Å². The number of H-pyrrole nitrogens is 1. The minimum atomic E-state index is -0.299. The molecule has 6 nitrogen and oxygen atoms in total. The Bertz CT molecular complexity index is 939. The molecule has 1 aliphatic rings. The van der Waals surface area contributed by atoms with Crippen molar-refractivity contribution in [3.05, 3.63) is 72.2 Å². The number of amides is 2. The lowest BCUT2D eigenvalue weighted by Crippen LogP contribution is -2.50. The van der Waals surface area contributed by atoms with Crippen LogP contribution in [0.4, 0.5) is 4.39 Å². The van der Waals surface area contributed by atoms with Gasteiger partial charge in [0, 0.05) is 32.4 Å². The third-order valence-electron chi connectivity index (χ3n) is 4.68. The van der Waals surface area contributed by atoms with Crippen LogP contribution in [-0.2, 0) is 0 Å². The van der Waals surface area contributed by atoms with Crippen LogP contribution in [0.25, 0.3) is 11.1 Å². The lowest BCUT2D eigenvalue weighted by molar-refractivity contribution is 0.0515. The molecule has 1 aromatic carbocycles. The molecule has 3 aromatic rings. The average molecular weight is 367 g/mol. The molecule has 0 aliphatic carbocycles. The van der Waals surface area contributed by atoms with E-state index in [0.717, 1.165) is 11.1 Å². The third kappa shape index (κ3) is 3.48. The number of nitrogens with zero attached hydrogens (tertiary/aromatic N) is 2. The number of aromatic nitrogens is 1. The van der Waals surface area contributed by atoms with Crippen molar-refractivity contribution in [1.29, 1.82) is 0 Å². The van der Waals surface area contributed by atoms with Gasteiger partial charge >= 0.3 is 0 Å². The van der Waals surface area contributed by atoms with Gasteiger partial charge in [0.2, 0.25) is 0 Å². The van der Waals surface area contributed by atoms with Gasteiger partial charge in [0.1, 0.15) is 11.5 Å². The fourth-order valence-corrected chi connectivity index (χ4v) is 3.17. The maximum atomic E-state index is 13.1.